The number of amides is 2. The second-order valence-electron chi connectivity index (χ2n) is 4.32. The Bertz CT molecular complexity index is 530. The number of hydrogen-bond donors (Lipinski definition) is 2. The summed E-state index contributed by atoms with van der Waals surface area (Å²) < 4.78 is 4.84. The number of ether oxygens (including phenoxy) is 1. The molecule has 0 bridgehead atoms. The molecule has 106 valence electrons. The molecule has 1 heterocycles. The maximum absolute atomic E-state index is 11.6. The van der Waals surface area contributed by atoms with Crippen LogP contribution in [0.4, 0.5) is 5.69 Å². The van der Waals surface area contributed by atoms with E-state index in [4.69, 9.17) is 16.3 Å². The van der Waals surface area contributed by atoms with Gasteiger partial charge in [0.1, 0.15) is 6.04 Å². The summed E-state index contributed by atoms with van der Waals surface area (Å²) in [6.07, 6.45) is 0.702. The van der Waals surface area contributed by atoms with Crippen molar-refractivity contribution in [2.45, 2.75) is 18.9 Å². The molecule has 2 amide bonds. The largest absolute Gasteiger partial charge is 0.454 e. The Labute approximate surface area is 120 Å². The first-order valence-corrected chi connectivity index (χ1v) is 6.44. The Kier molecular flexibility index (Phi) is 4.57. The van der Waals surface area contributed by atoms with Crippen molar-refractivity contribution in [1.82, 2.24) is 5.32 Å². The van der Waals surface area contributed by atoms with Crippen LogP contribution in [0.2, 0.25) is 5.02 Å². The zero-order valence-corrected chi connectivity index (χ0v) is 11.3. The molecule has 6 nitrogen and oxygen atoms in total. The van der Waals surface area contributed by atoms with E-state index < -0.39 is 24.5 Å². The molecule has 7 heteroatoms. The molecule has 2 N–H and O–H groups in total. The van der Waals surface area contributed by atoms with E-state index in [1.165, 1.54) is 0 Å². The molecule has 1 aromatic rings. The van der Waals surface area contributed by atoms with Gasteiger partial charge in [-0.1, -0.05) is 11.6 Å². The third kappa shape index (κ3) is 3.96. The fourth-order valence-corrected chi connectivity index (χ4v) is 1.88. The van der Waals surface area contributed by atoms with Gasteiger partial charge >= 0.3 is 5.97 Å². The average molecular weight is 297 g/mol. The maximum atomic E-state index is 11.6. The van der Waals surface area contributed by atoms with Gasteiger partial charge in [-0.2, -0.15) is 0 Å². The number of nitrogens with one attached hydrogen (secondary N) is 2. The summed E-state index contributed by atoms with van der Waals surface area (Å²) >= 11 is 5.72. The Morgan fingerprint density at radius 3 is 2.65 bits per heavy atom. The number of carbonyl (C=O) groups excluding carboxylic acids is 3. The summed E-state index contributed by atoms with van der Waals surface area (Å²) in [5.74, 6) is -1.23. The van der Waals surface area contributed by atoms with Crippen molar-refractivity contribution in [3.63, 3.8) is 0 Å². The second kappa shape index (κ2) is 6.38. The Balaban J connectivity index is 1.76. The van der Waals surface area contributed by atoms with Gasteiger partial charge in [0.2, 0.25) is 5.91 Å². The summed E-state index contributed by atoms with van der Waals surface area (Å²) in [4.78, 5) is 34.1. The third-order valence-electron chi connectivity index (χ3n) is 2.75. The van der Waals surface area contributed by atoms with E-state index in [0.29, 0.717) is 23.6 Å². The Hall–Kier alpha value is -2.08. The molecule has 1 aliphatic rings. The predicted molar refractivity (Wildman–Crippen MR) is 72.2 cm³/mol. The number of carbonyl (C=O) groups is 3. The quantitative estimate of drug-likeness (QED) is 0.815. The molecule has 1 atom stereocenters. The van der Waals surface area contributed by atoms with Gasteiger partial charge in [-0.3, -0.25) is 9.59 Å². The summed E-state index contributed by atoms with van der Waals surface area (Å²) in [7, 11) is 0. The minimum absolute atomic E-state index is 0.183. The molecule has 20 heavy (non-hydrogen) atoms. The summed E-state index contributed by atoms with van der Waals surface area (Å²) in [6, 6.07) is 5.90. The summed E-state index contributed by atoms with van der Waals surface area (Å²) in [6.45, 7) is -0.395. The lowest BCUT2D eigenvalue weighted by Crippen LogP contribution is -2.36. The van der Waals surface area contributed by atoms with Crippen LogP contribution in [0.25, 0.3) is 0 Å². The minimum atomic E-state index is -0.647. The van der Waals surface area contributed by atoms with Crippen LogP contribution in [0.3, 0.4) is 0 Å². The normalized spacial score (nSPS) is 17.4. The van der Waals surface area contributed by atoms with Gasteiger partial charge in [0.25, 0.3) is 5.91 Å². The maximum Gasteiger partial charge on any atom is 0.329 e. The van der Waals surface area contributed by atoms with Gasteiger partial charge < -0.3 is 15.4 Å². The average Bonchev–Trinajstić information content (AvgIpc) is 2.85. The van der Waals surface area contributed by atoms with Gasteiger partial charge in [0, 0.05) is 17.1 Å². The van der Waals surface area contributed by atoms with Gasteiger partial charge in [0.05, 0.1) is 0 Å². The molecule has 1 aromatic carbocycles. The molecule has 1 saturated heterocycles. The van der Waals surface area contributed by atoms with E-state index in [0.717, 1.165) is 0 Å². The van der Waals surface area contributed by atoms with Crippen molar-refractivity contribution in [2.24, 2.45) is 0 Å². The molecule has 0 aromatic heterocycles. The highest BCUT2D eigenvalue weighted by Crippen LogP contribution is 2.13. The van der Waals surface area contributed by atoms with E-state index in [1.807, 2.05) is 0 Å². The number of benzene rings is 1. The van der Waals surface area contributed by atoms with E-state index >= 15 is 0 Å². The summed E-state index contributed by atoms with van der Waals surface area (Å²) in [5.41, 5.74) is 0.560. The third-order valence-corrected chi connectivity index (χ3v) is 3.01. The number of rotatable bonds is 4. The molecule has 1 fully saturated rings. The van der Waals surface area contributed by atoms with E-state index in [1.54, 1.807) is 24.3 Å². The number of anilines is 1. The SMILES string of the molecule is O=C(COC(=O)C1CCC(=O)N1)Nc1ccc(Cl)cc1. The first-order chi connectivity index (χ1) is 9.54. The molecular formula is C13H13ClN2O4. The van der Waals surface area contributed by atoms with Gasteiger partial charge in [-0.05, 0) is 30.7 Å². The molecular weight excluding hydrogens is 284 g/mol. The molecule has 2 rings (SSSR count). The summed E-state index contributed by atoms with van der Waals surface area (Å²) in [5, 5.41) is 5.60. The minimum Gasteiger partial charge on any atom is -0.454 e. The standard InChI is InChI=1S/C13H13ClN2O4/c14-8-1-3-9(4-2-8)15-12(18)7-20-13(19)10-5-6-11(17)16-10/h1-4,10H,5-7H2,(H,15,18)(H,16,17). The fraction of sp³-hybridized carbons (Fsp3) is 0.308. The van der Waals surface area contributed by atoms with E-state index in [-0.39, 0.29) is 5.91 Å². The van der Waals surface area contributed by atoms with Crippen LogP contribution < -0.4 is 10.6 Å². The highest BCUT2D eigenvalue weighted by Gasteiger charge is 2.28. The van der Waals surface area contributed by atoms with Crippen molar-refractivity contribution in [3.8, 4) is 0 Å². The zero-order chi connectivity index (χ0) is 14.5. The van der Waals surface area contributed by atoms with Crippen LogP contribution in [0.5, 0.6) is 0 Å². The van der Waals surface area contributed by atoms with Crippen LogP contribution in [0.15, 0.2) is 24.3 Å². The monoisotopic (exact) mass is 296 g/mol. The van der Waals surface area contributed by atoms with Crippen molar-refractivity contribution in [1.29, 1.82) is 0 Å². The van der Waals surface area contributed by atoms with Crippen LogP contribution in [-0.2, 0) is 19.1 Å². The van der Waals surface area contributed by atoms with Gasteiger partial charge in [-0.15, -0.1) is 0 Å². The van der Waals surface area contributed by atoms with Crippen molar-refractivity contribution in [2.75, 3.05) is 11.9 Å². The highest BCUT2D eigenvalue weighted by molar-refractivity contribution is 6.30. The van der Waals surface area contributed by atoms with Crippen LogP contribution >= 0.6 is 11.6 Å². The lowest BCUT2D eigenvalue weighted by Gasteiger charge is -2.10. The van der Waals surface area contributed by atoms with Gasteiger partial charge in [-0.25, -0.2) is 4.79 Å². The van der Waals surface area contributed by atoms with Crippen molar-refractivity contribution < 1.29 is 19.1 Å². The number of hydrogen-bond acceptors (Lipinski definition) is 4. The van der Waals surface area contributed by atoms with Crippen LogP contribution in [-0.4, -0.2) is 30.4 Å². The first kappa shape index (κ1) is 14.3. The van der Waals surface area contributed by atoms with Crippen molar-refractivity contribution in [3.05, 3.63) is 29.3 Å². The molecule has 0 spiro atoms. The van der Waals surface area contributed by atoms with E-state index in [9.17, 15) is 14.4 Å². The van der Waals surface area contributed by atoms with Crippen LogP contribution in [0, 0.1) is 0 Å². The Morgan fingerprint density at radius 2 is 2.05 bits per heavy atom. The molecule has 1 aliphatic heterocycles. The number of halogens is 1. The lowest BCUT2D eigenvalue weighted by molar-refractivity contribution is -0.149. The predicted octanol–water partition coefficient (Wildman–Crippen LogP) is 1.10. The smallest absolute Gasteiger partial charge is 0.329 e. The molecule has 0 aliphatic carbocycles. The fourth-order valence-electron chi connectivity index (χ4n) is 1.76. The lowest BCUT2D eigenvalue weighted by atomic mass is 10.2. The topological polar surface area (TPSA) is 84.5 Å². The molecule has 0 radical (unpaired) electrons. The molecule has 1 unspecified atom stereocenters. The highest BCUT2D eigenvalue weighted by atomic mass is 35.5. The Morgan fingerprint density at radius 1 is 1.35 bits per heavy atom. The first-order valence-electron chi connectivity index (χ1n) is 6.06. The van der Waals surface area contributed by atoms with Crippen molar-refractivity contribution >= 4 is 35.1 Å². The van der Waals surface area contributed by atoms with Crippen LogP contribution in [0.1, 0.15) is 12.8 Å². The zero-order valence-electron chi connectivity index (χ0n) is 10.5. The second-order valence-corrected chi connectivity index (χ2v) is 4.76. The molecule has 0 saturated carbocycles. The van der Waals surface area contributed by atoms with Gasteiger partial charge in [0.15, 0.2) is 6.61 Å². The van der Waals surface area contributed by atoms with E-state index in [2.05, 4.69) is 10.6 Å². The number of esters is 1.